The van der Waals surface area contributed by atoms with E-state index in [-0.39, 0.29) is 39.8 Å². The SMILES string of the molecule is Cc1c(Cc2c(Cl)ncc(C(=O)N3CCC(CC(=O)O)CC3)c2Cl)n(C)c2cc(C3CC3)cc(F)c12. The van der Waals surface area contributed by atoms with Gasteiger partial charge in [0, 0.05) is 55.8 Å². The van der Waals surface area contributed by atoms with Crippen molar-refractivity contribution >= 4 is 46.0 Å². The van der Waals surface area contributed by atoms with Crippen LogP contribution in [-0.2, 0) is 18.3 Å². The van der Waals surface area contributed by atoms with Gasteiger partial charge in [-0.05, 0) is 67.7 Å². The lowest BCUT2D eigenvalue weighted by atomic mass is 9.93. The van der Waals surface area contributed by atoms with Crippen molar-refractivity contribution in [2.24, 2.45) is 13.0 Å². The smallest absolute Gasteiger partial charge is 0.303 e. The number of pyridine rings is 1. The molecule has 1 aliphatic heterocycles. The van der Waals surface area contributed by atoms with Gasteiger partial charge in [0.2, 0.25) is 0 Å². The predicted octanol–water partition coefficient (Wildman–Crippen LogP) is 6.12. The molecule has 0 spiro atoms. The van der Waals surface area contributed by atoms with Gasteiger partial charge in [-0.25, -0.2) is 9.37 Å². The Labute approximate surface area is 219 Å². The number of amides is 1. The molecule has 3 aromatic rings. The summed E-state index contributed by atoms with van der Waals surface area (Å²) in [5.41, 5.74) is 4.34. The third kappa shape index (κ3) is 4.59. The number of halogens is 3. The summed E-state index contributed by atoms with van der Waals surface area (Å²) in [6.45, 7) is 2.83. The molecule has 1 aliphatic carbocycles. The maximum absolute atomic E-state index is 15.1. The average molecular weight is 532 g/mol. The molecule has 0 radical (unpaired) electrons. The van der Waals surface area contributed by atoms with Gasteiger partial charge < -0.3 is 14.6 Å². The predicted molar refractivity (Wildman–Crippen MR) is 138 cm³/mol. The van der Waals surface area contributed by atoms with Gasteiger partial charge in [-0.15, -0.1) is 0 Å². The first kappa shape index (κ1) is 25.0. The van der Waals surface area contributed by atoms with E-state index < -0.39 is 5.97 Å². The van der Waals surface area contributed by atoms with E-state index in [2.05, 4.69) is 11.1 Å². The Morgan fingerprint density at radius 1 is 1.17 bits per heavy atom. The molecule has 1 aromatic carbocycles. The van der Waals surface area contributed by atoms with Gasteiger partial charge in [0.15, 0.2) is 0 Å². The van der Waals surface area contributed by atoms with Crippen LogP contribution in [0, 0.1) is 18.7 Å². The standard InChI is InChI=1S/C27H28Cl2FN3O3/c1-14-21(32(2)22-11-17(16-3-4-16)10-20(30)24(14)22)12-18-25(28)19(13-31-26(18)29)27(36)33-7-5-15(6-8-33)9-23(34)35/h10-11,13,15-16H,3-9,12H2,1-2H3,(H,34,35). The van der Waals surface area contributed by atoms with Crippen LogP contribution in [0.1, 0.15) is 70.8 Å². The Balaban J connectivity index is 1.44. The third-order valence-electron chi connectivity index (χ3n) is 7.71. The molecule has 2 fully saturated rings. The summed E-state index contributed by atoms with van der Waals surface area (Å²) in [5, 5.41) is 10.1. The van der Waals surface area contributed by atoms with Crippen LogP contribution in [0.4, 0.5) is 4.39 Å². The molecule has 190 valence electrons. The molecule has 0 unspecified atom stereocenters. The summed E-state index contributed by atoms with van der Waals surface area (Å²) >= 11 is 13.2. The number of nitrogens with zero attached hydrogens (tertiary/aromatic N) is 3. The summed E-state index contributed by atoms with van der Waals surface area (Å²) < 4.78 is 17.1. The molecule has 36 heavy (non-hydrogen) atoms. The van der Waals surface area contributed by atoms with E-state index in [9.17, 15) is 9.59 Å². The fourth-order valence-electron chi connectivity index (χ4n) is 5.43. The number of carbonyl (C=O) groups is 2. The zero-order chi connectivity index (χ0) is 25.7. The molecular weight excluding hydrogens is 504 g/mol. The second kappa shape index (κ2) is 9.67. The molecule has 1 amide bonds. The second-order valence-electron chi connectivity index (χ2n) is 10.1. The fourth-order valence-corrected chi connectivity index (χ4v) is 5.97. The largest absolute Gasteiger partial charge is 0.481 e. The molecule has 0 atom stereocenters. The van der Waals surface area contributed by atoms with Crippen molar-refractivity contribution in [2.45, 2.75) is 51.4 Å². The van der Waals surface area contributed by atoms with Crippen molar-refractivity contribution < 1.29 is 19.1 Å². The van der Waals surface area contributed by atoms with E-state index in [4.69, 9.17) is 28.3 Å². The van der Waals surface area contributed by atoms with Crippen LogP contribution in [-0.4, -0.2) is 44.5 Å². The number of hydrogen-bond acceptors (Lipinski definition) is 3. The minimum absolute atomic E-state index is 0.0659. The monoisotopic (exact) mass is 531 g/mol. The summed E-state index contributed by atoms with van der Waals surface area (Å²) in [7, 11) is 1.91. The number of carbonyl (C=O) groups excluding carboxylic acids is 1. The molecule has 0 bridgehead atoms. The number of hydrogen-bond donors (Lipinski definition) is 1. The molecule has 3 heterocycles. The molecular formula is C27H28Cl2FN3O3. The van der Waals surface area contributed by atoms with E-state index >= 15 is 4.39 Å². The minimum atomic E-state index is -0.818. The lowest BCUT2D eigenvalue weighted by Gasteiger charge is -2.31. The molecule has 6 nitrogen and oxygen atoms in total. The van der Waals surface area contributed by atoms with Crippen LogP contribution < -0.4 is 0 Å². The maximum Gasteiger partial charge on any atom is 0.303 e. The normalized spacial score (nSPS) is 16.6. The van der Waals surface area contributed by atoms with E-state index in [1.54, 1.807) is 11.0 Å². The van der Waals surface area contributed by atoms with Crippen LogP contribution in [0.15, 0.2) is 18.3 Å². The first-order chi connectivity index (χ1) is 17.2. The van der Waals surface area contributed by atoms with Gasteiger partial charge in [-0.2, -0.15) is 0 Å². The maximum atomic E-state index is 15.1. The summed E-state index contributed by atoms with van der Waals surface area (Å²) in [5.74, 6) is -0.780. The van der Waals surface area contributed by atoms with Gasteiger partial charge in [0.1, 0.15) is 11.0 Å². The van der Waals surface area contributed by atoms with Crippen molar-refractivity contribution in [3.8, 4) is 0 Å². The zero-order valence-corrected chi connectivity index (χ0v) is 21.8. The highest BCUT2D eigenvalue weighted by Crippen LogP contribution is 2.43. The van der Waals surface area contributed by atoms with Crippen molar-refractivity contribution in [3.05, 3.63) is 62.3 Å². The number of benzene rings is 1. The number of piperidine rings is 1. The third-order valence-corrected chi connectivity index (χ3v) is 8.47. The van der Waals surface area contributed by atoms with E-state index in [0.717, 1.165) is 35.2 Å². The number of likely N-dealkylation sites (tertiary alicyclic amines) is 1. The number of rotatable bonds is 6. The summed E-state index contributed by atoms with van der Waals surface area (Å²) in [6, 6.07) is 3.72. The van der Waals surface area contributed by atoms with Gasteiger partial charge >= 0.3 is 5.97 Å². The first-order valence-corrected chi connectivity index (χ1v) is 13.0. The van der Waals surface area contributed by atoms with Gasteiger partial charge in [-0.3, -0.25) is 9.59 Å². The molecule has 2 aliphatic rings. The Morgan fingerprint density at radius 2 is 1.86 bits per heavy atom. The first-order valence-electron chi connectivity index (χ1n) is 12.3. The number of fused-ring (bicyclic) bond motifs is 1. The molecule has 1 saturated carbocycles. The molecule has 1 saturated heterocycles. The minimum Gasteiger partial charge on any atom is -0.481 e. The molecule has 9 heteroatoms. The highest BCUT2D eigenvalue weighted by Gasteiger charge is 2.29. The lowest BCUT2D eigenvalue weighted by Crippen LogP contribution is -2.39. The highest BCUT2D eigenvalue weighted by atomic mass is 35.5. The quantitative estimate of drug-likeness (QED) is 0.388. The lowest BCUT2D eigenvalue weighted by molar-refractivity contribution is -0.138. The van der Waals surface area contributed by atoms with Crippen molar-refractivity contribution in [1.29, 1.82) is 0 Å². The number of aliphatic carboxylic acids is 1. The van der Waals surface area contributed by atoms with E-state index in [0.29, 0.717) is 49.2 Å². The highest BCUT2D eigenvalue weighted by molar-refractivity contribution is 6.37. The van der Waals surface area contributed by atoms with Crippen LogP contribution in [0.5, 0.6) is 0 Å². The van der Waals surface area contributed by atoms with Gasteiger partial charge in [0.05, 0.1) is 16.1 Å². The van der Waals surface area contributed by atoms with Crippen molar-refractivity contribution in [1.82, 2.24) is 14.5 Å². The number of carboxylic acids is 1. The second-order valence-corrected chi connectivity index (χ2v) is 10.8. The number of carboxylic acid groups (broad SMARTS) is 1. The Kier molecular flexibility index (Phi) is 6.72. The van der Waals surface area contributed by atoms with Crippen LogP contribution in [0.3, 0.4) is 0 Å². The van der Waals surface area contributed by atoms with Crippen LogP contribution >= 0.6 is 23.2 Å². The van der Waals surface area contributed by atoms with Crippen LogP contribution in [0.25, 0.3) is 10.9 Å². The topological polar surface area (TPSA) is 75.4 Å². The Bertz CT molecular complexity index is 1370. The zero-order valence-electron chi connectivity index (χ0n) is 20.3. The van der Waals surface area contributed by atoms with Gasteiger partial charge in [-0.1, -0.05) is 23.2 Å². The summed E-state index contributed by atoms with van der Waals surface area (Å²) in [6.07, 6.45) is 5.27. The molecule has 1 N–H and O–H groups in total. The number of aromatic nitrogens is 2. The van der Waals surface area contributed by atoms with Gasteiger partial charge in [0.25, 0.3) is 5.91 Å². The Morgan fingerprint density at radius 3 is 2.50 bits per heavy atom. The average Bonchev–Trinajstić information content (AvgIpc) is 3.65. The fraction of sp³-hybridized carbons (Fsp3) is 0.444. The van der Waals surface area contributed by atoms with E-state index in [1.807, 2.05) is 18.5 Å². The van der Waals surface area contributed by atoms with Crippen molar-refractivity contribution in [3.63, 3.8) is 0 Å². The van der Waals surface area contributed by atoms with Crippen LogP contribution in [0.2, 0.25) is 10.2 Å². The molecule has 5 rings (SSSR count). The van der Waals surface area contributed by atoms with E-state index in [1.165, 1.54) is 6.20 Å². The number of aryl methyl sites for hydroxylation is 2. The van der Waals surface area contributed by atoms with Crippen molar-refractivity contribution in [2.75, 3.05) is 13.1 Å². The Hall–Kier alpha value is -2.64. The summed E-state index contributed by atoms with van der Waals surface area (Å²) in [4.78, 5) is 30.2. The molecule has 2 aromatic heterocycles.